The summed E-state index contributed by atoms with van der Waals surface area (Å²) in [4.78, 5) is 25.2. The van der Waals surface area contributed by atoms with E-state index < -0.39 is 34.6 Å². The highest BCUT2D eigenvalue weighted by atomic mass is 19.4. The third-order valence-electron chi connectivity index (χ3n) is 5.21. The molecule has 0 radical (unpaired) electrons. The van der Waals surface area contributed by atoms with E-state index in [1.165, 1.54) is 19.5 Å². The first kappa shape index (κ1) is 26.5. The molecule has 0 saturated heterocycles. The van der Waals surface area contributed by atoms with Crippen LogP contribution in [-0.2, 0) is 12.6 Å². The summed E-state index contributed by atoms with van der Waals surface area (Å²) in [5.74, 6) is -1.94. The Bertz CT molecular complexity index is 1330. The van der Waals surface area contributed by atoms with Gasteiger partial charge in [0, 0.05) is 30.1 Å². The standard InChI is InChI=1S/C25H24F4N6O/c1-14-33-13-22(23(34-14)16-6-4-3-5-15(16)7-9-30)35-24(36)18-11-17(21(31)8-10-32-2)19(12-20(18)26)25(27,28)29/h3-6,8,10-13H,7,9,30-31H2,1-2H3,(H,35,36). The fraction of sp³-hybridized carbons (Fsp3) is 0.200. The van der Waals surface area contributed by atoms with Gasteiger partial charge in [-0.25, -0.2) is 14.4 Å². The summed E-state index contributed by atoms with van der Waals surface area (Å²) in [5, 5.41) is 2.53. The number of anilines is 1. The molecule has 0 unspecified atom stereocenters. The molecule has 0 saturated carbocycles. The maximum Gasteiger partial charge on any atom is 0.417 e. The number of halogens is 4. The van der Waals surface area contributed by atoms with Gasteiger partial charge in [0.1, 0.15) is 11.6 Å². The number of aryl methyl sites for hydroxylation is 1. The summed E-state index contributed by atoms with van der Waals surface area (Å²) < 4.78 is 55.5. The van der Waals surface area contributed by atoms with Gasteiger partial charge in [-0.1, -0.05) is 24.3 Å². The lowest BCUT2D eigenvalue weighted by Gasteiger charge is -2.17. The Balaban J connectivity index is 2.10. The summed E-state index contributed by atoms with van der Waals surface area (Å²) >= 11 is 0. The van der Waals surface area contributed by atoms with E-state index in [1.54, 1.807) is 19.1 Å². The Hall–Kier alpha value is -4.12. The molecule has 36 heavy (non-hydrogen) atoms. The molecule has 0 bridgehead atoms. The molecule has 3 aromatic rings. The molecule has 3 rings (SSSR count). The molecule has 1 aromatic heterocycles. The number of hydrogen-bond acceptors (Lipinski definition) is 6. The molecule has 7 nitrogen and oxygen atoms in total. The first-order valence-corrected chi connectivity index (χ1v) is 10.8. The van der Waals surface area contributed by atoms with Gasteiger partial charge < -0.3 is 16.8 Å². The number of hydrogen-bond donors (Lipinski definition) is 3. The van der Waals surface area contributed by atoms with E-state index in [0.717, 1.165) is 17.7 Å². The quantitative estimate of drug-likeness (QED) is 0.329. The van der Waals surface area contributed by atoms with E-state index in [0.29, 0.717) is 30.0 Å². The Morgan fingerprint density at radius 2 is 1.92 bits per heavy atom. The van der Waals surface area contributed by atoms with Crippen molar-refractivity contribution < 1.29 is 22.4 Å². The van der Waals surface area contributed by atoms with Gasteiger partial charge in [-0.15, -0.1) is 0 Å². The van der Waals surface area contributed by atoms with Crippen molar-refractivity contribution in [2.75, 3.05) is 18.9 Å². The van der Waals surface area contributed by atoms with Crippen LogP contribution < -0.4 is 16.8 Å². The number of allylic oxidation sites excluding steroid dienone is 1. The Kier molecular flexibility index (Phi) is 8.15. The summed E-state index contributed by atoms with van der Waals surface area (Å²) in [6.07, 6.45) is -0.699. The molecular formula is C25H24F4N6O. The Morgan fingerprint density at radius 3 is 2.58 bits per heavy atom. The zero-order chi connectivity index (χ0) is 26.5. The molecule has 1 amide bonds. The fourth-order valence-electron chi connectivity index (χ4n) is 3.55. The number of nitrogens with two attached hydrogens (primary N) is 2. The fourth-order valence-corrected chi connectivity index (χ4v) is 3.55. The largest absolute Gasteiger partial charge is 0.417 e. The van der Waals surface area contributed by atoms with Crippen LogP contribution in [0.15, 0.2) is 53.7 Å². The maximum atomic E-state index is 14.8. The molecule has 2 aromatic carbocycles. The first-order chi connectivity index (χ1) is 17.1. The second-order valence-electron chi connectivity index (χ2n) is 7.73. The molecule has 0 aliphatic heterocycles. The highest BCUT2D eigenvalue weighted by molar-refractivity contribution is 6.06. The lowest BCUT2D eigenvalue weighted by atomic mass is 9.99. The van der Waals surface area contributed by atoms with Gasteiger partial charge in [0.2, 0.25) is 0 Å². The van der Waals surface area contributed by atoms with Gasteiger partial charge in [0.15, 0.2) is 0 Å². The second-order valence-corrected chi connectivity index (χ2v) is 7.73. The van der Waals surface area contributed by atoms with Crippen molar-refractivity contribution >= 4 is 23.5 Å². The molecule has 0 fully saturated rings. The minimum absolute atomic E-state index is 0.151. The smallest absolute Gasteiger partial charge is 0.398 e. The van der Waals surface area contributed by atoms with Crippen LogP contribution in [0.25, 0.3) is 17.0 Å². The number of aliphatic imine (C=N–C) groups is 1. The molecule has 5 N–H and O–H groups in total. The molecule has 11 heteroatoms. The summed E-state index contributed by atoms with van der Waals surface area (Å²) in [5.41, 5.74) is 10.7. The third kappa shape index (κ3) is 5.92. The lowest BCUT2D eigenvalue weighted by Crippen LogP contribution is -2.19. The van der Waals surface area contributed by atoms with Gasteiger partial charge in [0.25, 0.3) is 5.91 Å². The molecule has 0 spiro atoms. The average Bonchev–Trinajstić information content (AvgIpc) is 2.83. The zero-order valence-corrected chi connectivity index (χ0v) is 19.5. The highest BCUT2D eigenvalue weighted by Gasteiger charge is 2.36. The van der Waals surface area contributed by atoms with Gasteiger partial charge in [0.05, 0.1) is 28.7 Å². The minimum Gasteiger partial charge on any atom is -0.398 e. The number of rotatable bonds is 7. The van der Waals surface area contributed by atoms with Crippen molar-refractivity contribution in [3.8, 4) is 11.3 Å². The third-order valence-corrected chi connectivity index (χ3v) is 5.21. The van der Waals surface area contributed by atoms with Crippen LogP contribution in [0.5, 0.6) is 0 Å². The van der Waals surface area contributed by atoms with E-state index in [-0.39, 0.29) is 17.5 Å². The van der Waals surface area contributed by atoms with Crippen LogP contribution in [0.2, 0.25) is 0 Å². The normalized spacial score (nSPS) is 12.2. The van der Waals surface area contributed by atoms with Crippen LogP contribution in [-0.4, -0.2) is 35.7 Å². The topological polar surface area (TPSA) is 119 Å². The van der Waals surface area contributed by atoms with Gasteiger partial charge >= 0.3 is 6.18 Å². The Labute approximate surface area is 205 Å². The van der Waals surface area contributed by atoms with Crippen molar-refractivity contribution in [2.45, 2.75) is 19.5 Å². The summed E-state index contributed by atoms with van der Waals surface area (Å²) in [7, 11) is 1.41. The van der Waals surface area contributed by atoms with Crippen LogP contribution in [0.3, 0.4) is 0 Å². The zero-order valence-electron chi connectivity index (χ0n) is 19.5. The number of carbonyl (C=O) groups is 1. The number of aromatic nitrogens is 2. The van der Waals surface area contributed by atoms with E-state index >= 15 is 0 Å². The molecular weight excluding hydrogens is 476 g/mol. The molecule has 0 aliphatic rings. The highest BCUT2D eigenvalue weighted by Crippen LogP contribution is 2.36. The van der Waals surface area contributed by atoms with Gasteiger partial charge in [-0.05, 0) is 43.7 Å². The number of amides is 1. The molecule has 1 heterocycles. The number of benzene rings is 2. The van der Waals surface area contributed by atoms with Crippen molar-refractivity contribution in [2.24, 2.45) is 16.5 Å². The summed E-state index contributed by atoms with van der Waals surface area (Å²) in [6, 6.07) is 8.29. The van der Waals surface area contributed by atoms with Gasteiger partial charge in [-0.3, -0.25) is 9.79 Å². The van der Waals surface area contributed by atoms with E-state index in [2.05, 4.69) is 20.3 Å². The SMILES string of the molecule is CN=CC=C(N)c1cc(C(=O)Nc2cnc(C)nc2-c2ccccc2CCN)c(F)cc1C(F)(F)F. The molecule has 0 atom stereocenters. The lowest BCUT2D eigenvalue weighted by molar-refractivity contribution is -0.138. The van der Waals surface area contributed by atoms with E-state index in [9.17, 15) is 22.4 Å². The van der Waals surface area contributed by atoms with Crippen molar-refractivity contribution in [3.05, 3.63) is 82.6 Å². The first-order valence-electron chi connectivity index (χ1n) is 10.8. The minimum atomic E-state index is -4.91. The predicted molar refractivity (Wildman–Crippen MR) is 131 cm³/mol. The number of nitrogens with zero attached hydrogens (tertiary/aromatic N) is 3. The molecule has 0 aliphatic carbocycles. The van der Waals surface area contributed by atoms with Crippen molar-refractivity contribution in [3.63, 3.8) is 0 Å². The van der Waals surface area contributed by atoms with Crippen LogP contribution >= 0.6 is 0 Å². The van der Waals surface area contributed by atoms with Crippen LogP contribution in [0, 0.1) is 12.7 Å². The van der Waals surface area contributed by atoms with E-state index in [4.69, 9.17) is 11.5 Å². The number of alkyl halides is 3. The van der Waals surface area contributed by atoms with Crippen LogP contribution in [0.4, 0.5) is 23.2 Å². The van der Waals surface area contributed by atoms with E-state index in [1.807, 2.05) is 12.1 Å². The Morgan fingerprint density at radius 1 is 1.19 bits per heavy atom. The van der Waals surface area contributed by atoms with Crippen molar-refractivity contribution in [1.82, 2.24) is 9.97 Å². The van der Waals surface area contributed by atoms with Gasteiger partial charge in [-0.2, -0.15) is 13.2 Å². The van der Waals surface area contributed by atoms with Crippen molar-refractivity contribution in [1.29, 1.82) is 0 Å². The summed E-state index contributed by atoms with van der Waals surface area (Å²) in [6.45, 7) is 2.04. The number of nitrogens with one attached hydrogen (secondary N) is 1. The predicted octanol–water partition coefficient (Wildman–Crippen LogP) is 4.36. The second kappa shape index (κ2) is 11.1. The molecule has 188 valence electrons. The monoisotopic (exact) mass is 500 g/mol. The van der Waals surface area contributed by atoms with Crippen LogP contribution in [0.1, 0.15) is 32.9 Å². The maximum absolute atomic E-state index is 14.8. The number of carbonyl (C=O) groups excluding carboxylic acids is 1. The average molecular weight is 501 g/mol.